The molecule has 0 radical (unpaired) electrons. The smallest absolute Gasteiger partial charge is 0.152 e. The van der Waals surface area contributed by atoms with Gasteiger partial charge in [0.2, 0.25) is 0 Å². The highest BCUT2D eigenvalue weighted by atomic mass is 79.9. The van der Waals surface area contributed by atoms with Gasteiger partial charge in [0.05, 0.1) is 11.5 Å². The van der Waals surface area contributed by atoms with E-state index in [1.165, 1.54) is 0 Å². The Morgan fingerprint density at radius 3 is 2.76 bits per heavy atom. The molecule has 1 aromatic rings. The Morgan fingerprint density at radius 2 is 2.24 bits per heavy atom. The maximum absolute atomic E-state index is 11.5. The van der Waals surface area contributed by atoms with Crippen molar-refractivity contribution in [2.24, 2.45) is 0 Å². The van der Waals surface area contributed by atoms with Crippen LogP contribution in [0.15, 0.2) is 16.7 Å². The number of pyridine rings is 1. The maximum Gasteiger partial charge on any atom is 0.152 e. The Bertz CT molecular complexity index is 530. The van der Waals surface area contributed by atoms with E-state index in [1.807, 2.05) is 24.9 Å². The topological polar surface area (TPSA) is 50.3 Å². The Kier molecular flexibility index (Phi) is 3.45. The lowest BCUT2D eigenvalue weighted by molar-refractivity contribution is 0.600. The molecule has 0 bridgehead atoms. The average Bonchev–Trinajstić information content (AvgIpc) is 2.58. The standard InChI is InChI=1S/C11H15BrN2O2S/c1-8-5-9(12)6-13-11(8)14(2)10-3-4-17(15,16)7-10/h5-6,10H,3-4,7H2,1-2H3. The minimum Gasteiger partial charge on any atom is -0.355 e. The number of sulfone groups is 1. The largest absolute Gasteiger partial charge is 0.355 e. The molecule has 0 aliphatic carbocycles. The van der Waals surface area contributed by atoms with E-state index in [9.17, 15) is 8.42 Å². The third-order valence-corrected chi connectivity index (χ3v) is 5.29. The first kappa shape index (κ1) is 12.8. The van der Waals surface area contributed by atoms with Gasteiger partial charge in [-0.2, -0.15) is 0 Å². The second kappa shape index (κ2) is 4.57. The van der Waals surface area contributed by atoms with Crippen molar-refractivity contribution in [1.82, 2.24) is 4.98 Å². The molecule has 0 saturated carbocycles. The Balaban J connectivity index is 2.23. The number of anilines is 1. The molecule has 0 N–H and O–H groups in total. The monoisotopic (exact) mass is 318 g/mol. The molecule has 4 nitrogen and oxygen atoms in total. The zero-order chi connectivity index (χ0) is 12.6. The van der Waals surface area contributed by atoms with Crippen molar-refractivity contribution < 1.29 is 8.42 Å². The van der Waals surface area contributed by atoms with E-state index in [1.54, 1.807) is 6.20 Å². The van der Waals surface area contributed by atoms with Crippen LogP contribution in [0.1, 0.15) is 12.0 Å². The third-order valence-electron chi connectivity index (χ3n) is 3.11. The van der Waals surface area contributed by atoms with Crippen LogP contribution < -0.4 is 4.90 Å². The van der Waals surface area contributed by atoms with Crippen molar-refractivity contribution in [3.8, 4) is 0 Å². The van der Waals surface area contributed by atoms with Crippen LogP contribution in [-0.4, -0.2) is 38.0 Å². The molecule has 0 aromatic carbocycles. The molecule has 94 valence electrons. The van der Waals surface area contributed by atoms with E-state index in [0.717, 1.165) is 15.9 Å². The molecule has 0 amide bonds. The van der Waals surface area contributed by atoms with Gasteiger partial charge in [-0.1, -0.05) is 0 Å². The van der Waals surface area contributed by atoms with Crippen molar-refractivity contribution in [2.75, 3.05) is 23.5 Å². The summed E-state index contributed by atoms with van der Waals surface area (Å²) in [7, 11) is -0.937. The van der Waals surface area contributed by atoms with Gasteiger partial charge in [-0.15, -0.1) is 0 Å². The van der Waals surface area contributed by atoms with Crippen LogP contribution in [0.2, 0.25) is 0 Å². The van der Waals surface area contributed by atoms with Crippen LogP contribution in [0.5, 0.6) is 0 Å². The molecule has 1 atom stereocenters. The zero-order valence-corrected chi connectivity index (χ0v) is 12.3. The van der Waals surface area contributed by atoms with E-state index in [0.29, 0.717) is 6.42 Å². The first-order chi connectivity index (χ1) is 7.89. The van der Waals surface area contributed by atoms with Crippen LogP contribution >= 0.6 is 15.9 Å². The highest BCUT2D eigenvalue weighted by Gasteiger charge is 2.31. The summed E-state index contributed by atoms with van der Waals surface area (Å²) in [6, 6.07) is 2.04. The molecule has 2 heterocycles. The maximum atomic E-state index is 11.5. The second-order valence-corrected chi connectivity index (χ2v) is 7.61. The predicted molar refractivity (Wildman–Crippen MR) is 72.1 cm³/mol. The van der Waals surface area contributed by atoms with Gasteiger partial charge in [-0.3, -0.25) is 0 Å². The van der Waals surface area contributed by atoms with Gasteiger partial charge in [0.1, 0.15) is 5.82 Å². The third kappa shape index (κ3) is 2.80. The molecule has 6 heteroatoms. The van der Waals surface area contributed by atoms with Gasteiger partial charge in [0.15, 0.2) is 9.84 Å². The fraction of sp³-hybridized carbons (Fsp3) is 0.545. The number of halogens is 1. The molecule has 2 rings (SSSR count). The minimum atomic E-state index is -2.85. The van der Waals surface area contributed by atoms with Gasteiger partial charge in [-0.25, -0.2) is 13.4 Å². The lowest BCUT2D eigenvalue weighted by Crippen LogP contribution is -2.33. The number of rotatable bonds is 2. The Labute approximate surface area is 110 Å². The summed E-state index contributed by atoms with van der Waals surface area (Å²) in [5.41, 5.74) is 1.05. The van der Waals surface area contributed by atoms with Gasteiger partial charge in [-0.05, 0) is 40.9 Å². The van der Waals surface area contributed by atoms with Crippen LogP contribution in [-0.2, 0) is 9.84 Å². The summed E-state index contributed by atoms with van der Waals surface area (Å²) >= 11 is 3.37. The van der Waals surface area contributed by atoms with Gasteiger partial charge >= 0.3 is 0 Å². The van der Waals surface area contributed by atoms with Gasteiger partial charge < -0.3 is 4.90 Å². The summed E-state index contributed by atoms with van der Waals surface area (Å²) in [6.45, 7) is 1.98. The first-order valence-electron chi connectivity index (χ1n) is 5.44. The quantitative estimate of drug-likeness (QED) is 0.834. The second-order valence-electron chi connectivity index (χ2n) is 4.46. The Morgan fingerprint density at radius 1 is 1.53 bits per heavy atom. The van der Waals surface area contributed by atoms with Crippen molar-refractivity contribution in [1.29, 1.82) is 0 Å². The van der Waals surface area contributed by atoms with Crippen molar-refractivity contribution >= 4 is 31.6 Å². The predicted octanol–water partition coefficient (Wildman–Crippen LogP) is 1.78. The number of nitrogens with zero attached hydrogens (tertiary/aromatic N) is 2. The van der Waals surface area contributed by atoms with E-state index in [2.05, 4.69) is 20.9 Å². The van der Waals surface area contributed by atoms with Crippen LogP contribution in [0.3, 0.4) is 0 Å². The van der Waals surface area contributed by atoms with Crippen molar-refractivity contribution in [2.45, 2.75) is 19.4 Å². The number of hydrogen-bond donors (Lipinski definition) is 0. The molecule has 1 unspecified atom stereocenters. The Hall–Kier alpha value is -0.620. The number of aryl methyl sites for hydroxylation is 1. The van der Waals surface area contributed by atoms with E-state index >= 15 is 0 Å². The summed E-state index contributed by atoms with van der Waals surface area (Å²) in [4.78, 5) is 6.33. The number of aromatic nitrogens is 1. The highest BCUT2D eigenvalue weighted by molar-refractivity contribution is 9.10. The van der Waals surface area contributed by atoms with Crippen LogP contribution in [0.4, 0.5) is 5.82 Å². The molecular weight excluding hydrogens is 304 g/mol. The molecule has 0 spiro atoms. The van der Waals surface area contributed by atoms with Crippen LogP contribution in [0, 0.1) is 6.92 Å². The van der Waals surface area contributed by atoms with E-state index in [4.69, 9.17) is 0 Å². The van der Waals surface area contributed by atoms with Gasteiger partial charge in [0, 0.05) is 23.8 Å². The molecule has 1 aliphatic heterocycles. The summed E-state index contributed by atoms with van der Waals surface area (Å²) in [5.74, 6) is 1.38. The lowest BCUT2D eigenvalue weighted by Gasteiger charge is -2.25. The van der Waals surface area contributed by atoms with E-state index < -0.39 is 9.84 Å². The molecule has 1 aromatic heterocycles. The van der Waals surface area contributed by atoms with Crippen LogP contribution in [0.25, 0.3) is 0 Å². The molecule has 17 heavy (non-hydrogen) atoms. The lowest BCUT2D eigenvalue weighted by atomic mass is 10.2. The zero-order valence-electron chi connectivity index (χ0n) is 9.85. The molecular formula is C11H15BrN2O2S. The molecule has 1 saturated heterocycles. The fourth-order valence-corrected chi connectivity index (χ4v) is 4.38. The fourth-order valence-electron chi connectivity index (χ4n) is 2.16. The average molecular weight is 319 g/mol. The summed E-state index contributed by atoms with van der Waals surface area (Å²) in [5, 5.41) is 0. The SMILES string of the molecule is Cc1cc(Br)cnc1N(C)C1CCS(=O)(=O)C1. The normalized spacial score (nSPS) is 22.6. The van der Waals surface area contributed by atoms with Crippen molar-refractivity contribution in [3.05, 3.63) is 22.3 Å². The number of hydrogen-bond acceptors (Lipinski definition) is 4. The van der Waals surface area contributed by atoms with E-state index in [-0.39, 0.29) is 17.5 Å². The highest BCUT2D eigenvalue weighted by Crippen LogP contribution is 2.25. The molecule has 1 aliphatic rings. The molecule has 1 fully saturated rings. The van der Waals surface area contributed by atoms with Crippen molar-refractivity contribution in [3.63, 3.8) is 0 Å². The summed E-state index contributed by atoms with van der Waals surface area (Å²) in [6.07, 6.45) is 2.43. The summed E-state index contributed by atoms with van der Waals surface area (Å²) < 4.78 is 23.9. The minimum absolute atomic E-state index is 0.0485. The van der Waals surface area contributed by atoms with Gasteiger partial charge in [0.25, 0.3) is 0 Å². The first-order valence-corrected chi connectivity index (χ1v) is 8.06.